The third kappa shape index (κ3) is 6.69. The average molecular weight is 375 g/mol. The van der Waals surface area contributed by atoms with E-state index in [1.807, 2.05) is 13.0 Å². The average Bonchev–Trinajstić information content (AvgIpc) is 3.39. The van der Waals surface area contributed by atoms with Crippen LogP contribution in [0.2, 0.25) is 0 Å². The summed E-state index contributed by atoms with van der Waals surface area (Å²) in [5.41, 5.74) is 1.12. The van der Waals surface area contributed by atoms with Crippen molar-refractivity contribution in [3.05, 3.63) is 35.4 Å². The number of epoxide rings is 1. The predicted molar refractivity (Wildman–Crippen MR) is 109 cm³/mol. The summed E-state index contributed by atoms with van der Waals surface area (Å²) >= 11 is 0. The highest BCUT2D eigenvalue weighted by atomic mass is 16.6. The normalized spacial score (nSPS) is 18.8. The minimum atomic E-state index is -0.125. The zero-order valence-corrected chi connectivity index (χ0v) is 17.0. The summed E-state index contributed by atoms with van der Waals surface area (Å²) in [5, 5.41) is 10.4. The highest BCUT2D eigenvalue weighted by molar-refractivity contribution is 5.97. The molecule has 0 amide bonds. The molecular formula is C23H34O4. The summed E-state index contributed by atoms with van der Waals surface area (Å²) in [6, 6.07) is 3.46. The van der Waals surface area contributed by atoms with Gasteiger partial charge in [0.1, 0.15) is 17.6 Å². The predicted octanol–water partition coefficient (Wildman–Crippen LogP) is 5.61. The molecule has 0 aliphatic carbocycles. The third-order valence-corrected chi connectivity index (χ3v) is 4.93. The molecule has 4 nitrogen and oxygen atoms in total. The fourth-order valence-corrected chi connectivity index (χ4v) is 3.27. The zero-order valence-electron chi connectivity index (χ0n) is 17.0. The maximum atomic E-state index is 11.6. The van der Waals surface area contributed by atoms with Crippen molar-refractivity contribution in [2.75, 3.05) is 6.61 Å². The van der Waals surface area contributed by atoms with Crippen LogP contribution in [0.1, 0.15) is 81.6 Å². The van der Waals surface area contributed by atoms with Crippen LogP contribution in [0.5, 0.6) is 11.5 Å². The van der Waals surface area contributed by atoms with Crippen molar-refractivity contribution in [2.45, 2.75) is 84.3 Å². The number of ether oxygens (including phenoxy) is 2. The van der Waals surface area contributed by atoms with Gasteiger partial charge < -0.3 is 14.6 Å². The van der Waals surface area contributed by atoms with Crippen LogP contribution in [-0.2, 0) is 11.2 Å². The van der Waals surface area contributed by atoms with E-state index >= 15 is 0 Å². The zero-order chi connectivity index (χ0) is 19.6. The topological polar surface area (TPSA) is 59.1 Å². The van der Waals surface area contributed by atoms with Crippen LogP contribution >= 0.6 is 0 Å². The highest BCUT2D eigenvalue weighted by Gasteiger charge is 2.35. The molecule has 1 fully saturated rings. The van der Waals surface area contributed by atoms with E-state index in [-0.39, 0.29) is 11.5 Å². The van der Waals surface area contributed by atoms with Gasteiger partial charge >= 0.3 is 0 Å². The Morgan fingerprint density at radius 1 is 1.22 bits per heavy atom. The Labute approximate surface area is 163 Å². The Morgan fingerprint density at radius 3 is 2.74 bits per heavy atom. The summed E-state index contributed by atoms with van der Waals surface area (Å²) in [5.74, 6) is 0.645. The van der Waals surface area contributed by atoms with Crippen LogP contribution in [0.3, 0.4) is 0 Å². The van der Waals surface area contributed by atoms with Crippen molar-refractivity contribution in [1.29, 1.82) is 0 Å². The number of benzene rings is 1. The number of unbranched alkanes of at least 4 members (excludes halogenated alkanes) is 3. The van der Waals surface area contributed by atoms with E-state index in [0.29, 0.717) is 36.5 Å². The molecule has 27 heavy (non-hydrogen) atoms. The molecule has 1 aliphatic heterocycles. The molecule has 1 heterocycles. The smallest absolute Gasteiger partial charge is 0.163 e. The van der Waals surface area contributed by atoms with Gasteiger partial charge in [0.05, 0.1) is 18.3 Å². The lowest BCUT2D eigenvalue weighted by Crippen LogP contribution is -2.03. The third-order valence-electron chi connectivity index (χ3n) is 4.93. The molecule has 1 aliphatic rings. The summed E-state index contributed by atoms with van der Waals surface area (Å²) in [4.78, 5) is 11.6. The number of carbonyl (C=O) groups is 1. The van der Waals surface area contributed by atoms with Crippen LogP contribution in [-0.4, -0.2) is 29.7 Å². The quantitative estimate of drug-likeness (QED) is 0.211. The van der Waals surface area contributed by atoms with E-state index in [4.69, 9.17) is 9.47 Å². The molecule has 0 spiro atoms. The number of ketones is 1. The van der Waals surface area contributed by atoms with Gasteiger partial charge in [-0.1, -0.05) is 45.3 Å². The minimum Gasteiger partial charge on any atom is -0.507 e. The first-order chi connectivity index (χ1) is 13.1. The lowest BCUT2D eigenvalue weighted by atomic mass is 10.0. The van der Waals surface area contributed by atoms with Crippen LogP contribution in [0.25, 0.3) is 0 Å². The molecule has 1 saturated heterocycles. The van der Waals surface area contributed by atoms with E-state index in [0.717, 1.165) is 31.2 Å². The Bertz CT molecular complexity index is 636. The molecule has 4 heteroatoms. The van der Waals surface area contributed by atoms with E-state index < -0.39 is 0 Å². The van der Waals surface area contributed by atoms with Crippen molar-refractivity contribution in [3.8, 4) is 11.5 Å². The molecule has 0 radical (unpaired) electrons. The number of allylic oxidation sites excluding steroid dienone is 1. The number of hydrogen-bond donors (Lipinski definition) is 1. The lowest BCUT2D eigenvalue weighted by Gasteiger charge is -2.14. The maximum Gasteiger partial charge on any atom is 0.163 e. The summed E-state index contributed by atoms with van der Waals surface area (Å²) in [6.45, 7) is 6.34. The van der Waals surface area contributed by atoms with Crippen molar-refractivity contribution in [2.24, 2.45) is 0 Å². The van der Waals surface area contributed by atoms with Gasteiger partial charge in [-0.3, -0.25) is 4.79 Å². The Kier molecular flexibility index (Phi) is 8.86. The van der Waals surface area contributed by atoms with E-state index in [1.54, 1.807) is 6.07 Å². The second kappa shape index (κ2) is 11.1. The van der Waals surface area contributed by atoms with Crippen LogP contribution in [0.15, 0.2) is 24.3 Å². The standard InChI is InChI=1S/C23H34O4/c1-4-6-12-21-22(27-21)13-9-7-8-10-16-26-20-15-14-18(17(3)24)23(25)19(20)11-5-2/h9,13-15,21-22,25H,4-8,10-12,16H2,1-3H3/t21-,22-/m0/s1. The summed E-state index contributed by atoms with van der Waals surface area (Å²) in [6.07, 6.45) is 13.5. The van der Waals surface area contributed by atoms with Gasteiger partial charge in [-0.2, -0.15) is 0 Å². The first-order valence-electron chi connectivity index (χ1n) is 10.4. The van der Waals surface area contributed by atoms with Crippen molar-refractivity contribution < 1.29 is 19.4 Å². The van der Waals surface area contributed by atoms with E-state index in [2.05, 4.69) is 19.1 Å². The van der Waals surface area contributed by atoms with E-state index in [9.17, 15) is 9.90 Å². The van der Waals surface area contributed by atoms with Crippen LogP contribution in [0.4, 0.5) is 0 Å². The SMILES string of the molecule is CCCC[C@@H]1O[C@H]1C=CCCCCOc1ccc(C(C)=O)c(O)c1CCC. The molecule has 1 aromatic carbocycles. The highest BCUT2D eigenvalue weighted by Crippen LogP contribution is 2.33. The number of phenols is 1. The fourth-order valence-electron chi connectivity index (χ4n) is 3.27. The Hall–Kier alpha value is -1.81. The number of carbonyl (C=O) groups excluding carboxylic acids is 1. The Morgan fingerprint density at radius 2 is 2.04 bits per heavy atom. The molecule has 2 atom stereocenters. The van der Waals surface area contributed by atoms with Gasteiger partial charge in [-0.15, -0.1) is 0 Å². The van der Waals surface area contributed by atoms with Gasteiger partial charge in [0.25, 0.3) is 0 Å². The van der Waals surface area contributed by atoms with Gasteiger partial charge in [-0.25, -0.2) is 0 Å². The second-order valence-electron chi connectivity index (χ2n) is 7.30. The number of aromatic hydroxyl groups is 1. The minimum absolute atomic E-state index is 0.0758. The number of rotatable bonds is 13. The first-order valence-corrected chi connectivity index (χ1v) is 10.4. The molecule has 2 rings (SSSR count). The summed E-state index contributed by atoms with van der Waals surface area (Å²) in [7, 11) is 0. The Balaban J connectivity index is 1.71. The van der Waals surface area contributed by atoms with Crippen LogP contribution in [0, 0.1) is 0 Å². The number of Topliss-reactive ketones (excluding diaryl/α,β-unsaturated/α-hetero) is 1. The lowest BCUT2D eigenvalue weighted by molar-refractivity contribution is 0.101. The van der Waals surface area contributed by atoms with E-state index in [1.165, 1.54) is 26.2 Å². The molecule has 0 saturated carbocycles. The van der Waals surface area contributed by atoms with Crippen LogP contribution < -0.4 is 4.74 Å². The molecular weight excluding hydrogens is 340 g/mol. The van der Waals surface area contributed by atoms with Gasteiger partial charge in [0.2, 0.25) is 0 Å². The number of hydrogen-bond acceptors (Lipinski definition) is 4. The molecule has 0 aromatic heterocycles. The first kappa shape index (κ1) is 21.5. The molecule has 1 N–H and O–H groups in total. The second-order valence-corrected chi connectivity index (χ2v) is 7.30. The monoisotopic (exact) mass is 374 g/mol. The number of phenolic OH excluding ortho intramolecular Hbond substituents is 1. The fraction of sp³-hybridized carbons (Fsp3) is 0.609. The van der Waals surface area contributed by atoms with Gasteiger partial charge in [0.15, 0.2) is 5.78 Å². The van der Waals surface area contributed by atoms with Gasteiger partial charge in [-0.05, 0) is 51.2 Å². The molecule has 150 valence electrons. The molecule has 0 bridgehead atoms. The largest absolute Gasteiger partial charge is 0.507 e. The molecule has 1 aromatic rings. The van der Waals surface area contributed by atoms with Crippen molar-refractivity contribution in [1.82, 2.24) is 0 Å². The van der Waals surface area contributed by atoms with Crippen molar-refractivity contribution >= 4 is 5.78 Å². The summed E-state index contributed by atoms with van der Waals surface area (Å²) < 4.78 is 11.5. The van der Waals surface area contributed by atoms with Gasteiger partial charge in [0, 0.05) is 5.56 Å². The molecule has 0 unspecified atom stereocenters. The van der Waals surface area contributed by atoms with Crippen molar-refractivity contribution in [3.63, 3.8) is 0 Å². The maximum absolute atomic E-state index is 11.6.